The van der Waals surface area contributed by atoms with E-state index >= 15 is 0 Å². The molecular weight excluding hydrogens is 200 g/mol. The molecule has 0 atom stereocenters. The molecule has 94 valence electrons. The molecule has 1 fully saturated rings. The Labute approximate surface area is 99.5 Å². The number of rotatable bonds is 4. The van der Waals surface area contributed by atoms with Gasteiger partial charge in [-0.1, -0.05) is 6.92 Å². The van der Waals surface area contributed by atoms with Crippen molar-refractivity contribution in [1.82, 2.24) is 9.80 Å². The third-order valence-corrected chi connectivity index (χ3v) is 3.06. The average Bonchev–Trinajstić information content (AvgIpc) is 2.26. The van der Waals surface area contributed by atoms with E-state index in [0.29, 0.717) is 0 Å². The van der Waals surface area contributed by atoms with Crippen LogP contribution >= 0.6 is 0 Å². The van der Waals surface area contributed by atoms with Crippen molar-refractivity contribution < 1.29 is 0 Å². The molecule has 0 aliphatic carbocycles. The van der Waals surface area contributed by atoms with Crippen LogP contribution < -0.4 is 5.73 Å². The maximum absolute atomic E-state index is 5.95. The number of aliphatic imine (C=N–C) groups is 1. The first-order valence-electron chi connectivity index (χ1n) is 6.33. The van der Waals surface area contributed by atoms with E-state index in [0.717, 1.165) is 37.9 Å². The highest BCUT2D eigenvalue weighted by atomic mass is 15.3. The van der Waals surface area contributed by atoms with Crippen LogP contribution in [0.1, 0.15) is 26.2 Å². The number of guanidine groups is 1. The molecule has 16 heavy (non-hydrogen) atoms. The number of hydrogen-bond acceptors (Lipinski definition) is 2. The van der Waals surface area contributed by atoms with E-state index < -0.39 is 0 Å². The Kier molecular flexibility index (Phi) is 5.60. The number of hydrogen-bond donors (Lipinski definition) is 1. The molecule has 4 nitrogen and oxygen atoms in total. The molecule has 1 heterocycles. The topological polar surface area (TPSA) is 44.9 Å². The highest BCUT2D eigenvalue weighted by Crippen LogP contribution is 2.17. The van der Waals surface area contributed by atoms with Crippen molar-refractivity contribution in [2.75, 3.05) is 40.3 Å². The first kappa shape index (κ1) is 13.3. The summed E-state index contributed by atoms with van der Waals surface area (Å²) in [6.45, 7) is 6.30. The Morgan fingerprint density at radius 2 is 2.00 bits per heavy atom. The molecule has 0 aromatic rings. The molecule has 1 saturated heterocycles. The van der Waals surface area contributed by atoms with Crippen molar-refractivity contribution in [3.63, 3.8) is 0 Å². The first-order valence-corrected chi connectivity index (χ1v) is 6.33. The molecule has 1 aliphatic heterocycles. The van der Waals surface area contributed by atoms with Crippen molar-refractivity contribution in [3.8, 4) is 0 Å². The van der Waals surface area contributed by atoms with E-state index in [4.69, 9.17) is 5.73 Å². The fourth-order valence-electron chi connectivity index (χ4n) is 2.19. The number of piperidine rings is 1. The lowest BCUT2D eigenvalue weighted by atomic mass is 9.97. The van der Waals surface area contributed by atoms with Gasteiger partial charge in [0.1, 0.15) is 0 Å². The van der Waals surface area contributed by atoms with Crippen LogP contribution in [0, 0.1) is 5.92 Å². The molecule has 0 bridgehead atoms. The zero-order chi connectivity index (χ0) is 12.0. The predicted molar refractivity (Wildman–Crippen MR) is 69.6 cm³/mol. The lowest BCUT2D eigenvalue weighted by Gasteiger charge is -2.33. The van der Waals surface area contributed by atoms with Gasteiger partial charge in [-0.2, -0.15) is 0 Å². The zero-order valence-electron chi connectivity index (χ0n) is 10.9. The van der Waals surface area contributed by atoms with Crippen LogP contribution in [-0.2, 0) is 0 Å². The van der Waals surface area contributed by atoms with Gasteiger partial charge in [0.05, 0.1) is 0 Å². The van der Waals surface area contributed by atoms with Gasteiger partial charge in [-0.15, -0.1) is 0 Å². The van der Waals surface area contributed by atoms with Gasteiger partial charge in [0.15, 0.2) is 5.96 Å². The number of nitrogens with zero attached hydrogens (tertiary/aromatic N) is 3. The third-order valence-electron chi connectivity index (χ3n) is 3.06. The maximum atomic E-state index is 5.95. The van der Waals surface area contributed by atoms with Crippen LogP contribution in [0.25, 0.3) is 0 Å². The van der Waals surface area contributed by atoms with Crippen LogP contribution in [0.5, 0.6) is 0 Å². The van der Waals surface area contributed by atoms with Crippen LogP contribution in [0.15, 0.2) is 4.99 Å². The Morgan fingerprint density at radius 3 is 2.50 bits per heavy atom. The fraction of sp³-hybridized carbons (Fsp3) is 0.917. The fourth-order valence-corrected chi connectivity index (χ4v) is 2.19. The third kappa shape index (κ3) is 4.39. The minimum atomic E-state index is 0.741. The first-order chi connectivity index (χ1) is 7.63. The predicted octanol–water partition coefficient (Wildman–Crippen LogP) is 0.985. The monoisotopic (exact) mass is 226 g/mol. The Hall–Kier alpha value is -0.770. The summed E-state index contributed by atoms with van der Waals surface area (Å²) in [6, 6.07) is 0. The van der Waals surface area contributed by atoms with Gasteiger partial charge in [0.25, 0.3) is 0 Å². The van der Waals surface area contributed by atoms with Crippen LogP contribution in [0.2, 0.25) is 0 Å². The Balaban J connectivity index is 2.31. The summed E-state index contributed by atoms with van der Waals surface area (Å²) in [7, 11) is 4.28. The van der Waals surface area contributed by atoms with Crippen molar-refractivity contribution >= 4 is 5.96 Å². The minimum Gasteiger partial charge on any atom is -0.370 e. The highest BCUT2D eigenvalue weighted by molar-refractivity contribution is 5.78. The Morgan fingerprint density at radius 1 is 1.38 bits per heavy atom. The lowest BCUT2D eigenvalue weighted by Crippen LogP contribution is -2.44. The largest absolute Gasteiger partial charge is 0.370 e. The molecule has 1 rings (SSSR count). The molecule has 0 unspecified atom stereocenters. The molecule has 0 aromatic heterocycles. The molecule has 1 aliphatic rings. The van der Waals surface area contributed by atoms with Gasteiger partial charge in [-0.05, 0) is 39.3 Å². The van der Waals surface area contributed by atoms with E-state index in [1.54, 1.807) is 0 Å². The van der Waals surface area contributed by atoms with Gasteiger partial charge in [-0.3, -0.25) is 4.99 Å². The average molecular weight is 226 g/mol. The summed E-state index contributed by atoms with van der Waals surface area (Å²) in [5.41, 5.74) is 5.95. The molecule has 2 N–H and O–H groups in total. The second-order valence-corrected chi connectivity index (χ2v) is 4.93. The SMILES string of the molecule is CCCN=C(N)N1CCC(CN(C)C)CC1. The smallest absolute Gasteiger partial charge is 0.191 e. The molecular formula is C12H26N4. The van der Waals surface area contributed by atoms with Crippen molar-refractivity contribution in [2.45, 2.75) is 26.2 Å². The van der Waals surface area contributed by atoms with Gasteiger partial charge in [-0.25, -0.2) is 0 Å². The summed E-state index contributed by atoms with van der Waals surface area (Å²) in [4.78, 5) is 8.86. The van der Waals surface area contributed by atoms with E-state index in [-0.39, 0.29) is 0 Å². The molecule has 4 heteroatoms. The van der Waals surface area contributed by atoms with Crippen molar-refractivity contribution in [2.24, 2.45) is 16.6 Å². The molecule has 0 saturated carbocycles. The second kappa shape index (κ2) is 6.74. The van der Waals surface area contributed by atoms with Gasteiger partial charge in [0.2, 0.25) is 0 Å². The number of nitrogens with two attached hydrogens (primary N) is 1. The molecule has 0 radical (unpaired) electrons. The van der Waals surface area contributed by atoms with Gasteiger partial charge >= 0.3 is 0 Å². The van der Waals surface area contributed by atoms with Gasteiger partial charge < -0.3 is 15.5 Å². The normalized spacial score (nSPS) is 19.5. The minimum absolute atomic E-state index is 0.741. The lowest BCUT2D eigenvalue weighted by molar-refractivity contribution is 0.218. The molecule has 0 spiro atoms. The molecule has 0 amide bonds. The summed E-state index contributed by atoms with van der Waals surface area (Å²) in [5, 5.41) is 0. The summed E-state index contributed by atoms with van der Waals surface area (Å²) < 4.78 is 0. The van der Waals surface area contributed by atoms with Crippen molar-refractivity contribution in [1.29, 1.82) is 0 Å². The van der Waals surface area contributed by atoms with E-state index in [1.807, 2.05) is 0 Å². The zero-order valence-corrected chi connectivity index (χ0v) is 10.9. The van der Waals surface area contributed by atoms with Crippen molar-refractivity contribution in [3.05, 3.63) is 0 Å². The summed E-state index contributed by atoms with van der Waals surface area (Å²) in [5.74, 6) is 1.57. The standard InChI is InChI=1S/C12H26N4/c1-4-7-14-12(13)16-8-5-11(6-9-16)10-15(2)3/h11H,4-10H2,1-3H3,(H2,13,14). The van der Waals surface area contributed by atoms with E-state index in [1.165, 1.54) is 19.4 Å². The second-order valence-electron chi connectivity index (χ2n) is 4.93. The van der Waals surface area contributed by atoms with E-state index in [9.17, 15) is 0 Å². The molecule has 0 aromatic carbocycles. The van der Waals surface area contributed by atoms with E-state index in [2.05, 4.69) is 35.8 Å². The Bertz CT molecular complexity index is 217. The van der Waals surface area contributed by atoms with Crippen LogP contribution in [0.3, 0.4) is 0 Å². The number of likely N-dealkylation sites (tertiary alicyclic amines) is 1. The quantitative estimate of drug-likeness (QED) is 0.574. The maximum Gasteiger partial charge on any atom is 0.191 e. The highest BCUT2D eigenvalue weighted by Gasteiger charge is 2.20. The summed E-state index contributed by atoms with van der Waals surface area (Å²) >= 11 is 0. The summed E-state index contributed by atoms with van der Waals surface area (Å²) in [6.07, 6.45) is 3.54. The van der Waals surface area contributed by atoms with Gasteiger partial charge in [0, 0.05) is 26.2 Å². The van der Waals surface area contributed by atoms with Crippen LogP contribution in [-0.4, -0.2) is 56.0 Å². The van der Waals surface area contributed by atoms with Crippen LogP contribution in [0.4, 0.5) is 0 Å².